The van der Waals surface area contributed by atoms with E-state index < -0.39 is 6.29 Å². The van der Waals surface area contributed by atoms with Crippen molar-refractivity contribution >= 4 is 0 Å². The fourth-order valence-corrected chi connectivity index (χ4v) is 2.83. The van der Waals surface area contributed by atoms with Crippen molar-refractivity contribution in [2.45, 2.75) is 90.6 Å². The first-order valence-corrected chi connectivity index (χ1v) is 8.80. The Labute approximate surface area is 130 Å². The van der Waals surface area contributed by atoms with Gasteiger partial charge in [-0.2, -0.15) is 0 Å². The third-order valence-corrected chi connectivity index (χ3v) is 4.10. The lowest BCUT2D eigenvalue weighted by Gasteiger charge is -2.37. The highest BCUT2D eigenvalue weighted by Gasteiger charge is 2.34. The molecule has 1 unspecified atom stereocenters. The van der Waals surface area contributed by atoms with Crippen LogP contribution in [0.1, 0.15) is 72.1 Å². The average molecular weight is 298 g/mol. The molecule has 0 bridgehead atoms. The van der Waals surface area contributed by atoms with Crippen molar-refractivity contribution in [3.63, 3.8) is 0 Å². The summed E-state index contributed by atoms with van der Waals surface area (Å²) in [5, 5.41) is 10.1. The highest BCUT2D eigenvalue weighted by atomic mass is 16.6. The van der Waals surface area contributed by atoms with E-state index in [-0.39, 0.29) is 12.2 Å². The van der Waals surface area contributed by atoms with Gasteiger partial charge in [-0.1, -0.05) is 58.6 Å². The van der Waals surface area contributed by atoms with Crippen LogP contribution in [-0.2, 0) is 9.47 Å². The third kappa shape index (κ3) is 7.44. The summed E-state index contributed by atoms with van der Waals surface area (Å²) in [5.74, 6) is 0.333. The number of hydrogen-bond donors (Lipinski definition) is 1. The zero-order chi connectivity index (χ0) is 15.5. The molecule has 124 valence electrons. The van der Waals surface area contributed by atoms with E-state index in [1.165, 1.54) is 32.1 Å². The molecule has 0 aliphatic carbocycles. The van der Waals surface area contributed by atoms with Gasteiger partial charge in [0.2, 0.25) is 0 Å². The van der Waals surface area contributed by atoms with E-state index in [0.29, 0.717) is 12.5 Å². The predicted octanol–water partition coefficient (Wildman–Crippen LogP) is 4.44. The van der Waals surface area contributed by atoms with Crippen LogP contribution in [0.25, 0.3) is 0 Å². The molecule has 0 aromatic heterocycles. The lowest BCUT2D eigenvalue weighted by Crippen LogP contribution is -2.45. The van der Waals surface area contributed by atoms with Crippen LogP contribution in [0, 0.1) is 5.92 Å². The zero-order valence-electron chi connectivity index (χ0n) is 14.1. The summed E-state index contributed by atoms with van der Waals surface area (Å²) in [6.45, 7) is 7.14. The topological polar surface area (TPSA) is 38.7 Å². The van der Waals surface area contributed by atoms with E-state index in [1.54, 1.807) is 0 Å². The van der Waals surface area contributed by atoms with Crippen LogP contribution in [0.5, 0.6) is 0 Å². The third-order valence-electron chi connectivity index (χ3n) is 4.10. The van der Waals surface area contributed by atoms with Gasteiger partial charge >= 0.3 is 0 Å². The first kappa shape index (κ1) is 18.7. The van der Waals surface area contributed by atoms with Gasteiger partial charge in [-0.25, -0.2) is 0 Å². The number of rotatable bonds is 10. The molecule has 0 saturated carbocycles. The molecule has 1 N–H and O–H groups in total. The molecule has 1 aliphatic heterocycles. The largest absolute Gasteiger partial charge is 0.373 e. The molecule has 0 radical (unpaired) electrons. The summed E-state index contributed by atoms with van der Waals surface area (Å²) in [5.41, 5.74) is 0. The Kier molecular flexibility index (Phi) is 9.98. The van der Waals surface area contributed by atoms with Crippen LogP contribution in [0.3, 0.4) is 0 Å². The van der Waals surface area contributed by atoms with E-state index >= 15 is 0 Å². The molecular weight excluding hydrogens is 264 g/mol. The van der Waals surface area contributed by atoms with Crippen LogP contribution < -0.4 is 0 Å². The quantitative estimate of drug-likeness (QED) is 0.478. The van der Waals surface area contributed by atoms with Gasteiger partial charge in [0.05, 0.1) is 6.10 Å². The Balaban J connectivity index is 2.22. The Bertz CT molecular complexity index is 266. The van der Waals surface area contributed by atoms with E-state index in [9.17, 15) is 5.11 Å². The molecule has 4 atom stereocenters. The van der Waals surface area contributed by atoms with Gasteiger partial charge in [-0.3, -0.25) is 0 Å². The molecule has 0 spiro atoms. The molecule has 3 nitrogen and oxygen atoms in total. The predicted molar refractivity (Wildman–Crippen MR) is 87.2 cm³/mol. The molecule has 0 aromatic rings. The average Bonchev–Trinajstić information content (AvgIpc) is 2.45. The second-order valence-corrected chi connectivity index (χ2v) is 6.24. The minimum absolute atomic E-state index is 0.0344. The standard InChI is InChI=1S/C18H34O3/c1-4-6-7-8-9-10-11-12-16-14-15(3)17(18(19)21-16)20-13-5-2/h11-12,15-19H,4-10,13-14H2,1-3H3/b12-11+/t15-,16?,17-,18+/m0/s1. The van der Waals surface area contributed by atoms with Gasteiger partial charge in [-0.15, -0.1) is 0 Å². The van der Waals surface area contributed by atoms with Gasteiger partial charge in [0.1, 0.15) is 6.10 Å². The fourth-order valence-electron chi connectivity index (χ4n) is 2.83. The number of hydrogen-bond acceptors (Lipinski definition) is 3. The SMILES string of the molecule is CCCCCCC/C=C/C1C[C@H](C)[C@H](OCCC)[C@H](O)O1. The molecule has 21 heavy (non-hydrogen) atoms. The lowest BCUT2D eigenvalue weighted by molar-refractivity contribution is -0.235. The number of unbranched alkanes of at least 4 members (excludes halogenated alkanes) is 5. The van der Waals surface area contributed by atoms with Crippen molar-refractivity contribution in [3.05, 3.63) is 12.2 Å². The summed E-state index contributed by atoms with van der Waals surface area (Å²) in [7, 11) is 0. The minimum Gasteiger partial charge on any atom is -0.373 e. The monoisotopic (exact) mass is 298 g/mol. The van der Waals surface area contributed by atoms with Gasteiger partial charge in [0.25, 0.3) is 0 Å². The van der Waals surface area contributed by atoms with E-state index in [4.69, 9.17) is 9.47 Å². The molecule has 3 heteroatoms. The highest BCUT2D eigenvalue weighted by Crippen LogP contribution is 2.27. The minimum atomic E-state index is -0.792. The Hall–Kier alpha value is -0.380. The maximum atomic E-state index is 10.1. The zero-order valence-corrected chi connectivity index (χ0v) is 14.1. The molecular formula is C18H34O3. The van der Waals surface area contributed by atoms with Crippen molar-refractivity contribution in [2.24, 2.45) is 5.92 Å². The normalized spacial score (nSPS) is 30.1. The summed E-state index contributed by atoms with van der Waals surface area (Å²) in [4.78, 5) is 0. The molecule has 1 heterocycles. The smallest absolute Gasteiger partial charge is 0.182 e. The second kappa shape index (κ2) is 11.2. The Morgan fingerprint density at radius 3 is 2.57 bits per heavy atom. The number of allylic oxidation sites excluding steroid dienone is 1. The van der Waals surface area contributed by atoms with Crippen molar-refractivity contribution in [1.29, 1.82) is 0 Å². The summed E-state index contributed by atoms with van der Waals surface area (Å²) in [6.07, 6.45) is 13.0. The molecule has 1 saturated heterocycles. The van der Waals surface area contributed by atoms with Crippen LogP contribution in [-0.4, -0.2) is 30.2 Å². The van der Waals surface area contributed by atoms with E-state index in [1.807, 2.05) is 0 Å². The van der Waals surface area contributed by atoms with Crippen LogP contribution in [0.15, 0.2) is 12.2 Å². The lowest BCUT2D eigenvalue weighted by atomic mass is 9.93. The molecule has 0 amide bonds. The number of aliphatic hydroxyl groups is 1. The summed E-state index contributed by atoms with van der Waals surface area (Å²) >= 11 is 0. The highest BCUT2D eigenvalue weighted by molar-refractivity contribution is 4.94. The second-order valence-electron chi connectivity index (χ2n) is 6.24. The van der Waals surface area contributed by atoms with Crippen LogP contribution in [0.4, 0.5) is 0 Å². The summed E-state index contributed by atoms with van der Waals surface area (Å²) in [6, 6.07) is 0. The van der Waals surface area contributed by atoms with Gasteiger partial charge in [-0.05, 0) is 31.6 Å². The number of ether oxygens (including phenoxy) is 2. The maximum absolute atomic E-state index is 10.1. The molecule has 1 aliphatic rings. The molecule has 0 aromatic carbocycles. The van der Waals surface area contributed by atoms with Crippen molar-refractivity contribution in [2.75, 3.05) is 6.61 Å². The van der Waals surface area contributed by atoms with E-state index in [0.717, 1.165) is 19.3 Å². The summed E-state index contributed by atoms with van der Waals surface area (Å²) < 4.78 is 11.3. The maximum Gasteiger partial charge on any atom is 0.182 e. The van der Waals surface area contributed by atoms with Crippen LogP contribution in [0.2, 0.25) is 0 Å². The Morgan fingerprint density at radius 1 is 1.14 bits per heavy atom. The first-order chi connectivity index (χ1) is 10.2. The van der Waals surface area contributed by atoms with Crippen molar-refractivity contribution in [3.8, 4) is 0 Å². The first-order valence-electron chi connectivity index (χ1n) is 8.80. The van der Waals surface area contributed by atoms with E-state index in [2.05, 4.69) is 32.9 Å². The fraction of sp³-hybridized carbons (Fsp3) is 0.889. The van der Waals surface area contributed by atoms with Crippen molar-refractivity contribution < 1.29 is 14.6 Å². The van der Waals surface area contributed by atoms with Gasteiger partial charge < -0.3 is 14.6 Å². The van der Waals surface area contributed by atoms with Crippen LogP contribution >= 0.6 is 0 Å². The van der Waals surface area contributed by atoms with Gasteiger partial charge in [0.15, 0.2) is 6.29 Å². The molecule has 1 rings (SSSR count). The number of aliphatic hydroxyl groups excluding tert-OH is 1. The Morgan fingerprint density at radius 2 is 1.90 bits per heavy atom. The van der Waals surface area contributed by atoms with Gasteiger partial charge in [0, 0.05) is 6.61 Å². The molecule has 1 fully saturated rings. The van der Waals surface area contributed by atoms with Crippen molar-refractivity contribution in [1.82, 2.24) is 0 Å².